The van der Waals surface area contributed by atoms with E-state index in [-0.39, 0.29) is 0 Å². The van der Waals surface area contributed by atoms with E-state index >= 15 is 0 Å². The second kappa shape index (κ2) is 3.37. The zero-order chi connectivity index (χ0) is 7.40. The first-order valence-electron chi connectivity index (χ1n) is 3.43. The van der Waals surface area contributed by atoms with Gasteiger partial charge in [-0.05, 0) is 17.2 Å². The zero-order valence-electron chi connectivity index (χ0n) is 6.17. The Morgan fingerprint density at radius 2 is 2.10 bits per heavy atom. The molecule has 0 aliphatic carbocycles. The van der Waals surface area contributed by atoms with Crippen LogP contribution in [0.1, 0.15) is 11.1 Å². The van der Waals surface area contributed by atoms with Gasteiger partial charge in [-0.3, -0.25) is 0 Å². The molecule has 1 radical (unpaired) electrons. The highest BCUT2D eigenvalue weighted by atomic mass is 28.1. The average molecular weight is 147 g/mol. The van der Waals surface area contributed by atoms with Crippen molar-refractivity contribution in [2.45, 2.75) is 5.54 Å². The molecule has 1 aromatic carbocycles. The van der Waals surface area contributed by atoms with Gasteiger partial charge in [-0.25, -0.2) is 0 Å². The highest BCUT2D eigenvalue weighted by Crippen LogP contribution is 2.10. The van der Waals surface area contributed by atoms with Crippen LogP contribution in [-0.4, -0.2) is 10.2 Å². The van der Waals surface area contributed by atoms with Crippen LogP contribution in [0.15, 0.2) is 36.9 Å². The first kappa shape index (κ1) is 7.29. The molecule has 0 saturated carbocycles. The lowest BCUT2D eigenvalue weighted by Crippen LogP contribution is -1.91. The molecule has 10 heavy (non-hydrogen) atoms. The molecule has 1 aromatic rings. The Bertz CT molecular complexity index is 203. The second-order valence-electron chi connectivity index (χ2n) is 2.36. The zero-order valence-corrected chi connectivity index (χ0v) is 8.17. The Morgan fingerprint density at radius 3 is 2.60 bits per heavy atom. The molecular formula is C9H11Si. The van der Waals surface area contributed by atoms with E-state index in [0.29, 0.717) is 5.54 Å². The molecule has 0 amide bonds. The number of hydrogen-bond donors (Lipinski definition) is 0. The summed E-state index contributed by atoms with van der Waals surface area (Å²) in [6, 6.07) is 11.1. The van der Waals surface area contributed by atoms with Gasteiger partial charge in [-0.2, -0.15) is 0 Å². The van der Waals surface area contributed by atoms with Crippen molar-refractivity contribution in [2.24, 2.45) is 0 Å². The Morgan fingerprint density at radius 1 is 1.50 bits per heavy atom. The number of rotatable bonds is 2. The molecule has 1 unspecified atom stereocenters. The SMILES string of the molecule is C=CC([SiH3])c1cc[c]cc1. The summed E-state index contributed by atoms with van der Waals surface area (Å²) in [5, 5.41) is 0. The van der Waals surface area contributed by atoms with Crippen molar-refractivity contribution in [3.8, 4) is 0 Å². The Kier molecular flexibility index (Phi) is 2.46. The number of allylic oxidation sites excluding steroid dienone is 1. The third-order valence-electron chi connectivity index (χ3n) is 1.62. The van der Waals surface area contributed by atoms with Crippen molar-refractivity contribution in [3.63, 3.8) is 0 Å². The summed E-state index contributed by atoms with van der Waals surface area (Å²) < 4.78 is 0. The topological polar surface area (TPSA) is 0 Å². The van der Waals surface area contributed by atoms with Crippen molar-refractivity contribution < 1.29 is 0 Å². The molecule has 0 heterocycles. The van der Waals surface area contributed by atoms with E-state index in [0.717, 1.165) is 10.2 Å². The van der Waals surface area contributed by atoms with Crippen LogP contribution >= 0.6 is 0 Å². The molecule has 0 nitrogen and oxygen atoms in total. The largest absolute Gasteiger partial charge is 0.103 e. The van der Waals surface area contributed by atoms with E-state index in [1.165, 1.54) is 5.56 Å². The summed E-state index contributed by atoms with van der Waals surface area (Å²) in [4.78, 5) is 0. The molecule has 0 aromatic heterocycles. The van der Waals surface area contributed by atoms with Gasteiger partial charge < -0.3 is 0 Å². The summed E-state index contributed by atoms with van der Waals surface area (Å²) >= 11 is 0. The van der Waals surface area contributed by atoms with Gasteiger partial charge in [0.1, 0.15) is 0 Å². The van der Waals surface area contributed by atoms with Crippen LogP contribution in [0.5, 0.6) is 0 Å². The van der Waals surface area contributed by atoms with Gasteiger partial charge in [0.2, 0.25) is 0 Å². The lowest BCUT2D eigenvalue weighted by atomic mass is 10.1. The van der Waals surface area contributed by atoms with E-state index in [1.54, 1.807) is 0 Å². The summed E-state index contributed by atoms with van der Waals surface area (Å²) in [6.45, 7) is 3.76. The summed E-state index contributed by atoms with van der Waals surface area (Å²) in [7, 11) is 1.15. The fourth-order valence-electron chi connectivity index (χ4n) is 0.839. The first-order valence-corrected chi connectivity index (χ1v) is 4.58. The fraction of sp³-hybridized carbons (Fsp3) is 0.111. The van der Waals surface area contributed by atoms with Crippen LogP contribution < -0.4 is 0 Å². The summed E-state index contributed by atoms with van der Waals surface area (Å²) in [5.74, 6) is 0. The molecule has 0 aliphatic heterocycles. The van der Waals surface area contributed by atoms with Crippen LogP contribution in [0.4, 0.5) is 0 Å². The van der Waals surface area contributed by atoms with Gasteiger partial charge in [-0.1, -0.05) is 30.3 Å². The van der Waals surface area contributed by atoms with E-state index in [1.807, 2.05) is 18.2 Å². The molecule has 0 aliphatic rings. The van der Waals surface area contributed by atoms with Crippen molar-refractivity contribution in [1.82, 2.24) is 0 Å². The molecule has 0 bridgehead atoms. The van der Waals surface area contributed by atoms with Crippen molar-refractivity contribution in [3.05, 3.63) is 48.6 Å². The lowest BCUT2D eigenvalue weighted by molar-refractivity contribution is 1.22. The van der Waals surface area contributed by atoms with Gasteiger partial charge in [0, 0.05) is 10.2 Å². The molecule has 0 saturated heterocycles. The van der Waals surface area contributed by atoms with Crippen molar-refractivity contribution in [1.29, 1.82) is 0 Å². The minimum atomic E-state index is 0.592. The van der Waals surface area contributed by atoms with E-state index in [4.69, 9.17) is 0 Å². The molecule has 0 fully saturated rings. The molecule has 1 rings (SSSR count). The first-order chi connectivity index (χ1) is 4.84. The van der Waals surface area contributed by atoms with Crippen LogP contribution in [0.2, 0.25) is 0 Å². The normalized spacial score (nSPS) is 12.8. The Balaban J connectivity index is 2.84. The minimum absolute atomic E-state index is 0.592. The van der Waals surface area contributed by atoms with Crippen LogP contribution in [0, 0.1) is 6.07 Å². The maximum absolute atomic E-state index is 3.76. The summed E-state index contributed by atoms with van der Waals surface area (Å²) in [5.41, 5.74) is 1.95. The maximum Gasteiger partial charge on any atom is 0.0170 e. The predicted molar refractivity (Wildman–Crippen MR) is 48.2 cm³/mol. The highest BCUT2D eigenvalue weighted by molar-refractivity contribution is 6.13. The van der Waals surface area contributed by atoms with E-state index in [2.05, 4.69) is 24.8 Å². The number of hydrogen-bond acceptors (Lipinski definition) is 0. The average Bonchev–Trinajstić information content (AvgIpc) is 2.05. The quantitative estimate of drug-likeness (QED) is 0.434. The molecule has 51 valence electrons. The smallest absolute Gasteiger partial charge is 0.0170 e. The molecule has 1 heteroatoms. The van der Waals surface area contributed by atoms with Crippen LogP contribution in [0.25, 0.3) is 0 Å². The standard InChI is InChI=1S/C9H11Si/c1-2-9(10)8-6-4-3-5-7-8/h2,4-7,9H,1H2,10H3. The van der Waals surface area contributed by atoms with Crippen LogP contribution in [0.3, 0.4) is 0 Å². The molecule has 0 spiro atoms. The second-order valence-corrected chi connectivity index (χ2v) is 3.60. The summed E-state index contributed by atoms with van der Waals surface area (Å²) in [6.07, 6.45) is 2.00. The molecular weight excluding hydrogens is 136 g/mol. The van der Waals surface area contributed by atoms with Gasteiger partial charge in [0.15, 0.2) is 0 Å². The van der Waals surface area contributed by atoms with Gasteiger partial charge in [0.25, 0.3) is 0 Å². The van der Waals surface area contributed by atoms with Crippen molar-refractivity contribution in [2.75, 3.05) is 0 Å². The third-order valence-corrected chi connectivity index (χ3v) is 2.76. The molecule has 1 atom stereocenters. The van der Waals surface area contributed by atoms with Gasteiger partial charge in [-0.15, -0.1) is 6.58 Å². The monoisotopic (exact) mass is 147 g/mol. The lowest BCUT2D eigenvalue weighted by Gasteiger charge is -2.03. The number of benzene rings is 1. The van der Waals surface area contributed by atoms with Crippen molar-refractivity contribution >= 4 is 10.2 Å². The van der Waals surface area contributed by atoms with Crippen LogP contribution in [-0.2, 0) is 0 Å². The minimum Gasteiger partial charge on any atom is -0.103 e. The van der Waals surface area contributed by atoms with E-state index in [9.17, 15) is 0 Å². The third kappa shape index (κ3) is 1.58. The predicted octanol–water partition coefficient (Wildman–Crippen LogP) is 1.08. The van der Waals surface area contributed by atoms with E-state index < -0.39 is 0 Å². The Labute approximate surface area is 65.0 Å². The van der Waals surface area contributed by atoms with Gasteiger partial charge in [0.05, 0.1) is 0 Å². The van der Waals surface area contributed by atoms with Gasteiger partial charge >= 0.3 is 0 Å². The molecule has 0 N–H and O–H groups in total. The Hall–Kier alpha value is -0.823. The fourth-order valence-corrected chi connectivity index (χ4v) is 1.22. The highest BCUT2D eigenvalue weighted by Gasteiger charge is 1.96. The maximum atomic E-state index is 3.76.